The molecule has 2 saturated heterocycles. The van der Waals surface area contributed by atoms with Gasteiger partial charge in [0.25, 0.3) is 0 Å². The first-order valence-electron chi connectivity index (χ1n) is 8.24. The van der Waals surface area contributed by atoms with Crippen LogP contribution in [0.2, 0.25) is 0 Å². The zero-order chi connectivity index (χ0) is 12.6. The van der Waals surface area contributed by atoms with Gasteiger partial charge >= 0.3 is 0 Å². The summed E-state index contributed by atoms with van der Waals surface area (Å²) >= 11 is 0. The van der Waals surface area contributed by atoms with Gasteiger partial charge in [0.05, 0.1) is 40.3 Å². The average molecular weight is 252 g/mol. The molecule has 0 radical (unpaired) electrons. The highest BCUT2D eigenvalue weighted by Gasteiger charge is 2.40. The lowest BCUT2D eigenvalue weighted by Crippen LogP contribution is -2.59. The van der Waals surface area contributed by atoms with Crippen LogP contribution in [0.1, 0.15) is 38.5 Å². The van der Waals surface area contributed by atoms with E-state index in [0.717, 1.165) is 11.8 Å². The molecule has 3 rings (SSSR count). The number of rotatable bonds is 3. The molecule has 2 atom stereocenters. The highest BCUT2D eigenvalue weighted by molar-refractivity contribution is 4.77. The second-order valence-corrected chi connectivity index (χ2v) is 8.10. The first-order valence-corrected chi connectivity index (χ1v) is 8.24. The largest absolute Gasteiger partial charge is 0.321 e. The Bertz CT molecular complexity index is 281. The zero-order valence-electron chi connectivity index (χ0n) is 12.5. The summed E-state index contributed by atoms with van der Waals surface area (Å²) < 4.78 is 2.76. The van der Waals surface area contributed by atoms with E-state index >= 15 is 0 Å². The van der Waals surface area contributed by atoms with Gasteiger partial charge in [-0.3, -0.25) is 0 Å². The quantitative estimate of drug-likeness (QED) is 0.677. The summed E-state index contributed by atoms with van der Waals surface area (Å²) in [7, 11) is 5.04. The fraction of sp³-hybridized carbons (Fsp3) is 1.00. The lowest BCUT2D eigenvalue weighted by atomic mass is 9.77. The van der Waals surface area contributed by atoms with Gasteiger partial charge < -0.3 is 8.97 Å². The second kappa shape index (κ2) is 4.79. The van der Waals surface area contributed by atoms with Crippen LogP contribution in [-0.2, 0) is 0 Å². The van der Waals surface area contributed by atoms with Crippen molar-refractivity contribution in [2.75, 3.05) is 53.4 Å². The lowest BCUT2D eigenvalue weighted by molar-refractivity contribution is -0.965. The molecule has 0 aromatic carbocycles. The van der Waals surface area contributed by atoms with Crippen LogP contribution in [0.4, 0.5) is 0 Å². The van der Waals surface area contributed by atoms with Crippen LogP contribution in [-0.4, -0.2) is 62.3 Å². The van der Waals surface area contributed by atoms with Crippen LogP contribution in [0.15, 0.2) is 0 Å². The van der Waals surface area contributed by atoms with Gasteiger partial charge in [0.15, 0.2) is 0 Å². The van der Waals surface area contributed by atoms with Crippen molar-refractivity contribution in [1.82, 2.24) is 0 Å². The average Bonchev–Trinajstić information content (AvgIpc) is 2.74. The number of hydrogen-bond donors (Lipinski definition) is 0. The van der Waals surface area contributed by atoms with E-state index in [1.54, 1.807) is 6.42 Å². The molecule has 3 aliphatic rings. The molecule has 2 heteroatoms. The molecule has 0 aromatic rings. The number of likely N-dealkylation sites (tertiary alicyclic amines) is 2. The Morgan fingerprint density at radius 1 is 0.778 bits per heavy atom. The van der Waals surface area contributed by atoms with Gasteiger partial charge in [-0.05, 0) is 19.3 Å². The van der Waals surface area contributed by atoms with Gasteiger partial charge in [-0.1, -0.05) is 6.42 Å². The predicted molar refractivity (Wildman–Crippen MR) is 76.3 cm³/mol. The summed E-state index contributed by atoms with van der Waals surface area (Å²) in [6.45, 7) is 8.70. The highest BCUT2D eigenvalue weighted by Crippen LogP contribution is 2.37. The molecule has 2 aliphatic heterocycles. The van der Waals surface area contributed by atoms with Crippen molar-refractivity contribution in [3.8, 4) is 0 Å². The van der Waals surface area contributed by atoms with Gasteiger partial charge in [-0.25, -0.2) is 0 Å². The summed E-state index contributed by atoms with van der Waals surface area (Å²) in [5, 5.41) is 0. The van der Waals surface area contributed by atoms with Crippen molar-refractivity contribution < 1.29 is 8.97 Å². The van der Waals surface area contributed by atoms with Crippen molar-refractivity contribution in [1.29, 1.82) is 0 Å². The molecular formula is C16H32N2+2. The van der Waals surface area contributed by atoms with Crippen LogP contribution in [0.5, 0.6) is 0 Å². The van der Waals surface area contributed by atoms with Gasteiger partial charge in [0.1, 0.15) is 13.1 Å². The Morgan fingerprint density at radius 2 is 1.33 bits per heavy atom. The van der Waals surface area contributed by atoms with E-state index in [1.165, 1.54) is 80.3 Å². The van der Waals surface area contributed by atoms with Crippen LogP contribution < -0.4 is 0 Å². The molecule has 2 bridgehead atoms. The molecular weight excluding hydrogens is 220 g/mol. The summed E-state index contributed by atoms with van der Waals surface area (Å²) in [6.07, 6.45) is 9.05. The molecule has 1 aliphatic carbocycles. The normalized spacial score (nSPS) is 43.0. The van der Waals surface area contributed by atoms with E-state index in [-0.39, 0.29) is 0 Å². The van der Waals surface area contributed by atoms with Gasteiger partial charge in [0, 0.05) is 24.7 Å². The fourth-order valence-corrected chi connectivity index (χ4v) is 5.04. The zero-order valence-corrected chi connectivity index (χ0v) is 12.5. The second-order valence-electron chi connectivity index (χ2n) is 8.10. The Kier molecular flexibility index (Phi) is 3.44. The summed E-state index contributed by atoms with van der Waals surface area (Å²) in [5.41, 5.74) is 0. The van der Waals surface area contributed by atoms with Gasteiger partial charge in [-0.2, -0.15) is 0 Å². The minimum absolute atomic E-state index is 1.06. The first-order chi connectivity index (χ1) is 8.57. The Labute approximate surface area is 113 Å². The van der Waals surface area contributed by atoms with E-state index in [4.69, 9.17) is 0 Å². The molecule has 2 nitrogen and oxygen atoms in total. The molecule has 0 spiro atoms. The third-order valence-corrected chi connectivity index (χ3v) is 6.11. The molecule has 1 saturated carbocycles. The van der Waals surface area contributed by atoms with E-state index in [9.17, 15) is 0 Å². The standard InChI is InChI=1S/C16H32N2/c1-17(8-3-4-9-17)10-11-18(2)13-15-6-5-7-16(12-15)14-18/h15-16H,3-14H2,1-2H3/q+2. The molecule has 104 valence electrons. The van der Waals surface area contributed by atoms with Crippen LogP contribution in [0, 0.1) is 11.8 Å². The minimum Gasteiger partial charge on any atom is -0.321 e. The van der Waals surface area contributed by atoms with Crippen LogP contribution >= 0.6 is 0 Å². The summed E-state index contributed by atoms with van der Waals surface area (Å²) in [6, 6.07) is 0. The summed E-state index contributed by atoms with van der Waals surface area (Å²) in [5.74, 6) is 2.12. The van der Waals surface area contributed by atoms with E-state index < -0.39 is 0 Å². The van der Waals surface area contributed by atoms with E-state index in [0.29, 0.717) is 0 Å². The Morgan fingerprint density at radius 3 is 1.94 bits per heavy atom. The number of quaternary nitrogens is 2. The van der Waals surface area contributed by atoms with Crippen molar-refractivity contribution in [3.63, 3.8) is 0 Å². The number of nitrogens with zero attached hydrogens (tertiary/aromatic N) is 2. The van der Waals surface area contributed by atoms with Gasteiger partial charge in [0.2, 0.25) is 0 Å². The lowest BCUT2D eigenvalue weighted by Gasteiger charge is -2.48. The summed E-state index contributed by atoms with van der Waals surface area (Å²) in [4.78, 5) is 0. The molecule has 2 unspecified atom stereocenters. The third kappa shape index (κ3) is 2.75. The Hall–Kier alpha value is -0.0800. The molecule has 18 heavy (non-hydrogen) atoms. The number of hydrogen-bond acceptors (Lipinski definition) is 0. The van der Waals surface area contributed by atoms with Gasteiger partial charge in [-0.15, -0.1) is 0 Å². The molecule has 2 heterocycles. The number of fused-ring (bicyclic) bond motifs is 2. The van der Waals surface area contributed by atoms with E-state index in [1.807, 2.05) is 0 Å². The first kappa shape index (κ1) is 12.9. The Balaban J connectivity index is 1.57. The third-order valence-electron chi connectivity index (χ3n) is 6.11. The smallest absolute Gasteiger partial charge is 0.128 e. The van der Waals surface area contributed by atoms with Crippen molar-refractivity contribution >= 4 is 0 Å². The van der Waals surface area contributed by atoms with Crippen molar-refractivity contribution in [2.45, 2.75) is 38.5 Å². The maximum Gasteiger partial charge on any atom is 0.128 e. The van der Waals surface area contributed by atoms with Crippen LogP contribution in [0.25, 0.3) is 0 Å². The SMILES string of the molecule is C[N+]1(CC[N+]2(C)CC3CCCC(C3)C2)CCCC1. The monoisotopic (exact) mass is 252 g/mol. The number of piperidine rings is 1. The van der Waals surface area contributed by atoms with Crippen molar-refractivity contribution in [2.24, 2.45) is 11.8 Å². The molecule has 0 N–H and O–H groups in total. The fourth-order valence-electron chi connectivity index (χ4n) is 5.04. The van der Waals surface area contributed by atoms with Crippen LogP contribution in [0.3, 0.4) is 0 Å². The van der Waals surface area contributed by atoms with E-state index in [2.05, 4.69) is 14.1 Å². The number of likely N-dealkylation sites (N-methyl/N-ethyl adjacent to an activating group) is 2. The highest BCUT2D eigenvalue weighted by atomic mass is 15.4. The minimum atomic E-state index is 1.06. The maximum atomic E-state index is 2.55. The molecule has 0 aromatic heterocycles. The predicted octanol–water partition coefficient (Wildman–Crippen LogP) is 2.49. The topological polar surface area (TPSA) is 0 Å². The molecule has 0 amide bonds. The van der Waals surface area contributed by atoms with Crippen molar-refractivity contribution in [3.05, 3.63) is 0 Å². The maximum absolute atomic E-state index is 2.55. The molecule has 3 fully saturated rings.